The first-order chi connectivity index (χ1) is 10.8. The first-order valence-corrected chi connectivity index (χ1v) is 8.27. The van der Waals surface area contributed by atoms with Crippen LogP contribution in [0.3, 0.4) is 0 Å². The minimum absolute atomic E-state index is 0.411. The molecule has 4 heterocycles. The summed E-state index contributed by atoms with van der Waals surface area (Å²) in [6.45, 7) is 6.17. The van der Waals surface area contributed by atoms with Crippen LogP contribution in [0.4, 0.5) is 5.82 Å². The van der Waals surface area contributed by atoms with Gasteiger partial charge in [0.2, 0.25) is 0 Å². The second kappa shape index (κ2) is 5.62. The van der Waals surface area contributed by atoms with Gasteiger partial charge in [-0.05, 0) is 19.1 Å². The van der Waals surface area contributed by atoms with Crippen molar-refractivity contribution in [3.8, 4) is 0 Å². The van der Waals surface area contributed by atoms with Crippen LogP contribution >= 0.6 is 11.3 Å². The van der Waals surface area contributed by atoms with E-state index in [0.29, 0.717) is 6.04 Å². The summed E-state index contributed by atoms with van der Waals surface area (Å²) in [5.74, 6) is 0.980. The van der Waals surface area contributed by atoms with Gasteiger partial charge in [-0.1, -0.05) is 0 Å². The van der Waals surface area contributed by atoms with Gasteiger partial charge < -0.3 is 4.90 Å². The van der Waals surface area contributed by atoms with E-state index in [0.717, 1.165) is 43.3 Å². The average molecular weight is 315 g/mol. The maximum atomic E-state index is 4.60. The first-order valence-electron chi connectivity index (χ1n) is 7.33. The summed E-state index contributed by atoms with van der Waals surface area (Å²) >= 11 is 1.66. The molecule has 1 fully saturated rings. The van der Waals surface area contributed by atoms with Gasteiger partial charge in [0.1, 0.15) is 12.1 Å². The number of anilines is 1. The van der Waals surface area contributed by atoms with E-state index in [2.05, 4.69) is 42.4 Å². The third kappa shape index (κ3) is 2.55. The van der Waals surface area contributed by atoms with E-state index < -0.39 is 0 Å². The molecule has 114 valence electrons. The molecule has 1 aliphatic rings. The number of piperazine rings is 1. The lowest BCUT2D eigenvalue weighted by Crippen LogP contribution is -2.52. The van der Waals surface area contributed by atoms with Crippen LogP contribution in [-0.4, -0.2) is 55.4 Å². The minimum atomic E-state index is 0.411. The smallest absolute Gasteiger partial charge is 0.177 e. The first kappa shape index (κ1) is 13.6. The maximum Gasteiger partial charge on any atom is 0.177 e. The second-order valence-electron chi connectivity index (χ2n) is 5.58. The highest BCUT2D eigenvalue weighted by Crippen LogP contribution is 2.19. The van der Waals surface area contributed by atoms with Crippen LogP contribution in [0.15, 0.2) is 29.4 Å². The molecule has 3 aromatic heterocycles. The zero-order valence-electron chi connectivity index (χ0n) is 12.3. The number of hydrogen-bond acceptors (Lipinski definition) is 7. The number of aromatic nitrogens is 5. The Kier molecular flexibility index (Phi) is 3.47. The van der Waals surface area contributed by atoms with Crippen molar-refractivity contribution in [1.29, 1.82) is 0 Å². The van der Waals surface area contributed by atoms with Crippen molar-refractivity contribution in [2.45, 2.75) is 19.5 Å². The molecule has 0 spiro atoms. The highest BCUT2D eigenvalue weighted by molar-refractivity contribution is 7.07. The molecule has 7 nitrogen and oxygen atoms in total. The largest absolute Gasteiger partial charge is 0.350 e. The van der Waals surface area contributed by atoms with Crippen LogP contribution in [0.1, 0.15) is 12.6 Å². The zero-order valence-corrected chi connectivity index (χ0v) is 13.1. The topological polar surface area (TPSA) is 62.5 Å². The molecule has 0 bridgehead atoms. The summed E-state index contributed by atoms with van der Waals surface area (Å²) in [7, 11) is 0. The highest BCUT2D eigenvalue weighted by atomic mass is 32.1. The molecular formula is C14H17N7S. The van der Waals surface area contributed by atoms with Crippen LogP contribution in [0.25, 0.3) is 5.65 Å². The Bertz CT molecular complexity index is 753. The van der Waals surface area contributed by atoms with Crippen LogP contribution < -0.4 is 4.90 Å². The molecule has 1 aliphatic heterocycles. The van der Waals surface area contributed by atoms with Gasteiger partial charge in [0.05, 0.1) is 11.2 Å². The average Bonchev–Trinajstić information content (AvgIpc) is 3.17. The predicted molar refractivity (Wildman–Crippen MR) is 85.0 cm³/mol. The number of nitrogens with zero attached hydrogens (tertiary/aromatic N) is 7. The van der Waals surface area contributed by atoms with Crippen molar-refractivity contribution < 1.29 is 0 Å². The molecule has 8 heteroatoms. The third-order valence-corrected chi connectivity index (χ3v) is 4.66. The molecule has 4 rings (SSSR count). The number of thiazole rings is 1. The molecule has 1 atom stereocenters. The Morgan fingerprint density at radius 1 is 1.32 bits per heavy atom. The van der Waals surface area contributed by atoms with Gasteiger partial charge in [0.25, 0.3) is 0 Å². The molecule has 0 N–H and O–H groups in total. The quantitative estimate of drug-likeness (QED) is 0.726. The van der Waals surface area contributed by atoms with E-state index in [1.54, 1.807) is 22.2 Å². The highest BCUT2D eigenvalue weighted by Gasteiger charge is 2.25. The molecule has 1 unspecified atom stereocenters. The molecular weight excluding hydrogens is 298 g/mol. The van der Waals surface area contributed by atoms with Crippen molar-refractivity contribution in [2.75, 3.05) is 24.5 Å². The lowest BCUT2D eigenvalue weighted by atomic mass is 10.2. The van der Waals surface area contributed by atoms with Crippen molar-refractivity contribution in [3.05, 3.63) is 35.0 Å². The minimum Gasteiger partial charge on any atom is -0.350 e. The van der Waals surface area contributed by atoms with E-state index in [4.69, 9.17) is 0 Å². The predicted octanol–water partition coefficient (Wildman–Crippen LogP) is 1.29. The van der Waals surface area contributed by atoms with E-state index in [1.165, 1.54) is 0 Å². The summed E-state index contributed by atoms with van der Waals surface area (Å²) in [6, 6.07) is 4.40. The fourth-order valence-electron chi connectivity index (χ4n) is 2.93. The lowest BCUT2D eigenvalue weighted by molar-refractivity contribution is 0.218. The van der Waals surface area contributed by atoms with Gasteiger partial charge in [0, 0.05) is 37.6 Å². The SMILES string of the molecule is CC1CN(Cc2cscn2)CCN1c1ccc2nncn2n1. The van der Waals surface area contributed by atoms with E-state index in [1.807, 2.05) is 17.6 Å². The molecule has 0 radical (unpaired) electrons. The Hall–Kier alpha value is -2.06. The van der Waals surface area contributed by atoms with Crippen LogP contribution in [0.5, 0.6) is 0 Å². The third-order valence-electron chi connectivity index (χ3n) is 4.02. The molecule has 0 aliphatic carbocycles. The Morgan fingerprint density at radius 2 is 2.27 bits per heavy atom. The zero-order chi connectivity index (χ0) is 14.9. The molecule has 1 saturated heterocycles. The number of hydrogen-bond donors (Lipinski definition) is 0. The summed E-state index contributed by atoms with van der Waals surface area (Å²) in [5, 5.41) is 14.6. The summed E-state index contributed by atoms with van der Waals surface area (Å²) in [4.78, 5) is 9.17. The molecule has 0 amide bonds. The van der Waals surface area contributed by atoms with Gasteiger partial charge in [0.15, 0.2) is 5.65 Å². The van der Waals surface area contributed by atoms with Gasteiger partial charge in [-0.25, -0.2) is 4.98 Å². The lowest BCUT2D eigenvalue weighted by Gasteiger charge is -2.40. The Morgan fingerprint density at radius 3 is 3.09 bits per heavy atom. The Labute approximate surface area is 132 Å². The van der Waals surface area contributed by atoms with Gasteiger partial charge >= 0.3 is 0 Å². The summed E-state index contributed by atoms with van der Waals surface area (Å²) in [5.41, 5.74) is 3.83. The van der Waals surface area contributed by atoms with Gasteiger partial charge in [-0.3, -0.25) is 4.90 Å². The van der Waals surface area contributed by atoms with Crippen molar-refractivity contribution in [3.63, 3.8) is 0 Å². The van der Waals surface area contributed by atoms with E-state index in [-0.39, 0.29) is 0 Å². The van der Waals surface area contributed by atoms with Crippen LogP contribution in [0, 0.1) is 0 Å². The second-order valence-corrected chi connectivity index (χ2v) is 6.30. The van der Waals surface area contributed by atoms with Gasteiger partial charge in [-0.15, -0.1) is 26.6 Å². The molecule has 0 aromatic carbocycles. The van der Waals surface area contributed by atoms with Crippen molar-refractivity contribution in [1.82, 2.24) is 29.7 Å². The molecule has 0 saturated carbocycles. The fourth-order valence-corrected chi connectivity index (χ4v) is 3.48. The van der Waals surface area contributed by atoms with E-state index in [9.17, 15) is 0 Å². The fraction of sp³-hybridized carbons (Fsp3) is 0.429. The van der Waals surface area contributed by atoms with Crippen molar-refractivity contribution in [2.24, 2.45) is 0 Å². The number of fused-ring (bicyclic) bond motifs is 1. The summed E-state index contributed by atoms with van der Waals surface area (Å²) < 4.78 is 1.73. The van der Waals surface area contributed by atoms with E-state index >= 15 is 0 Å². The molecule has 22 heavy (non-hydrogen) atoms. The monoisotopic (exact) mass is 315 g/mol. The summed E-state index contributed by atoms with van der Waals surface area (Å²) in [6.07, 6.45) is 1.64. The molecule has 3 aromatic rings. The van der Waals surface area contributed by atoms with Gasteiger partial charge in [-0.2, -0.15) is 4.52 Å². The van der Waals surface area contributed by atoms with Crippen molar-refractivity contribution >= 4 is 22.8 Å². The normalized spacial score (nSPS) is 19.9. The Balaban J connectivity index is 1.48. The maximum absolute atomic E-state index is 4.60. The standard InChI is InChI=1S/C14H17N7S/c1-11-6-19(7-12-8-22-10-15-12)4-5-20(11)14-3-2-13-17-16-9-21(13)18-14/h2-3,8-11H,4-7H2,1H3. The van der Waals surface area contributed by atoms with Crippen LogP contribution in [0.2, 0.25) is 0 Å². The van der Waals surface area contributed by atoms with Crippen LogP contribution in [-0.2, 0) is 6.54 Å². The number of rotatable bonds is 3.